The summed E-state index contributed by atoms with van der Waals surface area (Å²) >= 11 is 4.75. The van der Waals surface area contributed by atoms with E-state index in [1.165, 1.54) is 51.9 Å². The van der Waals surface area contributed by atoms with Crippen LogP contribution in [0.4, 0.5) is 5.13 Å². The Hall–Kier alpha value is -1.70. The van der Waals surface area contributed by atoms with Gasteiger partial charge in [0.1, 0.15) is 0 Å². The fourth-order valence-electron chi connectivity index (χ4n) is 3.20. The highest BCUT2D eigenvalue weighted by Gasteiger charge is 2.14. The lowest BCUT2D eigenvalue weighted by Gasteiger charge is -2.16. The van der Waals surface area contributed by atoms with Gasteiger partial charge in [0.2, 0.25) is 5.13 Å². The fraction of sp³-hybridized carbons (Fsp3) is 0.350. The molecule has 4 rings (SSSR count). The molecule has 0 saturated heterocycles. The van der Waals surface area contributed by atoms with Crippen LogP contribution in [0.5, 0.6) is 0 Å². The van der Waals surface area contributed by atoms with Crippen molar-refractivity contribution in [1.29, 1.82) is 0 Å². The summed E-state index contributed by atoms with van der Waals surface area (Å²) in [5.41, 5.74) is 3.58. The second-order valence-electron chi connectivity index (χ2n) is 6.53. The normalized spacial score (nSPS) is 13.3. The number of fused-ring (bicyclic) bond motifs is 1. The molecule has 27 heavy (non-hydrogen) atoms. The van der Waals surface area contributed by atoms with Gasteiger partial charge in [0, 0.05) is 17.0 Å². The first-order valence-corrected chi connectivity index (χ1v) is 11.8. The molecule has 3 aromatic rings. The van der Waals surface area contributed by atoms with Crippen LogP contribution in [0.15, 0.2) is 40.1 Å². The molecular weight excluding hydrogens is 394 g/mol. The highest BCUT2D eigenvalue weighted by Crippen LogP contribution is 2.27. The van der Waals surface area contributed by atoms with E-state index < -0.39 is 0 Å². The predicted octanol–water partition coefficient (Wildman–Crippen LogP) is 5.11. The molecule has 0 aliphatic heterocycles. The van der Waals surface area contributed by atoms with E-state index in [1.54, 1.807) is 11.3 Å². The van der Waals surface area contributed by atoms with Gasteiger partial charge >= 0.3 is 0 Å². The number of ketones is 1. The Morgan fingerprint density at radius 2 is 2.04 bits per heavy atom. The van der Waals surface area contributed by atoms with Gasteiger partial charge in [-0.15, -0.1) is 21.5 Å². The Balaban J connectivity index is 1.27. The number of hydrogen-bond donors (Lipinski definition) is 1. The van der Waals surface area contributed by atoms with Crippen molar-refractivity contribution in [3.05, 3.63) is 57.3 Å². The van der Waals surface area contributed by atoms with Crippen LogP contribution >= 0.6 is 34.4 Å². The third-order valence-electron chi connectivity index (χ3n) is 4.63. The molecule has 0 unspecified atom stereocenters. The molecule has 0 spiro atoms. The minimum absolute atomic E-state index is 0.163. The van der Waals surface area contributed by atoms with E-state index in [-0.39, 0.29) is 5.78 Å². The number of thioether (sulfide) groups is 1. The number of aryl methyl sites for hydroxylation is 2. The summed E-state index contributed by atoms with van der Waals surface area (Å²) in [6.45, 7) is 0.841. The zero-order valence-electron chi connectivity index (χ0n) is 14.9. The van der Waals surface area contributed by atoms with Crippen molar-refractivity contribution in [2.24, 2.45) is 0 Å². The summed E-state index contributed by atoms with van der Waals surface area (Å²) < 4.78 is 0.833. The van der Waals surface area contributed by atoms with Crippen LogP contribution in [0.25, 0.3) is 0 Å². The molecule has 0 radical (unpaired) electrons. The number of anilines is 1. The van der Waals surface area contributed by atoms with Crippen molar-refractivity contribution in [2.45, 2.75) is 36.4 Å². The molecule has 0 atom stereocenters. The number of Topliss-reactive ketones (excluding diaryl/α,β-unsaturated/α-hetero) is 1. The Bertz CT molecular complexity index is 905. The van der Waals surface area contributed by atoms with Crippen LogP contribution in [0, 0.1) is 0 Å². The zero-order valence-corrected chi connectivity index (χ0v) is 17.4. The number of rotatable bonds is 8. The van der Waals surface area contributed by atoms with Crippen LogP contribution < -0.4 is 5.32 Å². The third kappa shape index (κ3) is 4.97. The van der Waals surface area contributed by atoms with Crippen LogP contribution in [0.3, 0.4) is 0 Å². The minimum atomic E-state index is 0.163. The lowest BCUT2D eigenvalue weighted by molar-refractivity contribution is 0.102. The Morgan fingerprint density at radius 3 is 2.89 bits per heavy atom. The topological polar surface area (TPSA) is 54.9 Å². The van der Waals surface area contributed by atoms with Crippen molar-refractivity contribution in [2.75, 3.05) is 17.6 Å². The van der Waals surface area contributed by atoms with Crippen molar-refractivity contribution in [3.63, 3.8) is 0 Å². The molecule has 1 aliphatic carbocycles. The molecule has 4 nitrogen and oxygen atoms in total. The molecule has 2 aromatic heterocycles. The van der Waals surface area contributed by atoms with Crippen molar-refractivity contribution >= 4 is 45.4 Å². The molecule has 1 aliphatic rings. The predicted molar refractivity (Wildman–Crippen MR) is 115 cm³/mol. The first-order chi connectivity index (χ1) is 13.3. The number of aromatic nitrogens is 2. The van der Waals surface area contributed by atoms with Gasteiger partial charge in [-0.1, -0.05) is 41.3 Å². The summed E-state index contributed by atoms with van der Waals surface area (Å²) in [5.74, 6) is 0.568. The molecular formula is C20H21N3OS3. The minimum Gasteiger partial charge on any atom is -0.360 e. The second-order valence-corrected chi connectivity index (χ2v) is 9.76. The summed E-state index contributed by atoms with van der Waals surface area (Å²) in [7, 11) is 0. The average molecular weight is 416 g/mol. The molecule has 140 valence electrons. The first-order valence-electron chi connectivity index (χ1n) is 9.15. The largest absolute Gasteiger partial charge is 0.360 e. The number of benzene rings is 1. The van der Waals surface area contributed by atoms with Crippen molar-refractivity contribution in [3.8, 4) is 0 Å². The molecule has 1 N–H and O–H groups in total. The van der Waals surface area contributed by atoms with Crippen molar-refractivity contribution in [1.82, 2.24) is 10.2 Å². The Morgan fingerprint density at radius 1 is 1.15 bits per heavy atom. The van der Waals surface area contributed by atoms with E-state index >= 15 is 0 Å². The van der Waals surface area contributed by atoms with Gasteiger partial charge in [-0.25, -0.2) is 0 Å². The maximum absolute atomic E-state index is 12.5. The van der Waals surface area contributed by atoms with Gasteiger partial charge in [0.25, 0.3) is 0 Å². The summed E-state index contributed by atoms with van der Waals surface area (Å²) in [5, 5.41) is 14.6. The highest BCUT2D eigenvalue weighted by atomic mass is 32.2. The van der Waals surface area contributed by atoms with E-state index in [1.807, 2.05) is 6.07 Å². The standard InChI is InChI=1S/C20H21N3OS3/c24-18(16-8-7-14-4-1-2-5-15(14)12-16)13-26-20-23-22-19(27-20)21-10-9-17-6-3-11-25-17/h3,6-8,11-12H,1-2,4-5,9-10,13H2,(H,21,22). The Kier molecular flexibility index (Phi) is 6.21. The molecule has 2 heterocycles. The number of carbonyl (C=O) groups is 1. The van der Waals surface area contributed by atoms with E-state index in [0.717, 1.165) is 40.8 Å². The zero-order chi connectivity index (χ0) is 18.5. The van der Waals surface area contributed by atoms with Gasteiger partial charge in [-0.05, 0) is 60.7 Å². The van der Waals surface area contributed by atoms with Crippen LogP contribution in [-0.4, -0.2) is 28.3 Å². The van der Waals surface area contributed by atoms with E-state index in [0.29, 0.717) is 5.75 Å². The van der Waals surface area contributed by atoms with Crippen molar-refractivity contribution < 1.29 is 4.79 Å². The molecule has 1 aromatic carbocycles. The SMILES string of the molecule is O=C(CSc1nnc(NCCc2cccs2)s1)c1ccc2c(c1)CCCC2. The quantitative estimate of drug-likeness (QED) is 0.409. The number of hydrogen-bond acceptors (Lipinski definition) is 7. The third-order valence-corrected chi connectivity index (χ3v) is 7.58. The molecule has 0 bridgehead atoms. The molecule has 0 fully saturated rings. The maximum Gasteiger partial charge on any atom is 0.206 e. The number of nitrogens with one attached hydrogen (secondary N) is 1. The smallest absolute Gasteiger partial charge is 0.206 e. The fourth-order valence-corrected chi connectivity index (χ4v) is 5.59. The van der Waals surface area contributed by atoms with Gasteiger partial charge in [-0.2, -0.15) is 0 Å². The van der Waals surface area contributed by atoms with Crippen LogP contribution in [-0.2, 0) is 19.3 Å². The summed E-state index contributed by atoms with van der Waals surface area (Å²) in [4.78, 5) is 13.9. The first kappa shape index (κ1) is 18.7. The monoisotopic (exact) mass is 415 g/mol. The van der Waals surface area contributed by atoms with Gasteiger partial charge < -0.3 is 5.32 Å². The molecule has 0 amide bonds. The van der Waals surface area contributed by atoms with Gasteiger partial charge in [0.05, 0.1) is 5.75 Å². The lowest BCUT2D eigenvalue weighted by Crippen LogP contribution is -2.07. The average Bonchev–Trinajstić information content (AvgIpc) is 3.38. The number of carbonyl (C=O) groups excluding carboxylic acids is 1. The highest BCUT2D eigenvalue weighted by molar-refractivity contribution is 8.01. The maximum atomic E-state index is 12.5. The van der Waals surface area contributed by atoms with Crippen LogP contribution in [0.2, 0.25) is 0 Å². The number of thiophene rings is 1. The summed E-state index contributed by atoms with van der Waals surface area (Å²) in [6.07, 6.45) is 5.71. The van der Waals surface area contributed by atoms with Crippen LogP contribution in [0.1, 0.15) is 39.2 Å². The van der Waals surface area contributed by atoms with E-state index in [2.05, 4.69) is 45.2 Å². The Labute approximate surface area is 171 Å². The second kappa shape index (κ2) is 8.99. The summed E-state index contributed by atoms with van der Waals surface area (Å²) in [6, 6.07) is 10.4. The van der Waals surface area contributed by atoms with E-state index in [4.69, 9.17) is 0 Å². The van der Waals surface area contributed by atoms with E-state index in [9.17, 15) is 4.79 Å². The number of nitrogens with zero attached hydrogens (tertiary/aromatic N) is 2. The van der Waals surface area contributed by atoms with Gasteiger partial charge in [-0.3, -0.25) is 4.79 Å². The lowest BCUT2D eigenvalue weighted by atomic mass is 9.90. The molecule has 7 heteroatoms. The van der Waals surface area contributed by atoms with Gasteiger partial charge in [0.15, 0.2) is 10.1 Å². The molecule has 0 saturated carbocycles.